The van der Waals surface area contributed by atoms with Crippen molar-refractivity contribution in [2.45, 2.75) is 57.4 Å². The summed E-state index contributed by atoms with van der Waals surface area (Å²) in [5.74, 6) is 0.158. The minimum Gasteiger partial charge on any atom is -0.355 e. The zero-order valence-corrected chi connectivity index (χ0v) is 12.1. The molecule has 2 rings (SSSR count). The van der Waals surface area contributed by atoms with Gasteiger partial charge in [-0.25, -0.2) is 0 Å². The second-order valence-electron chi connectivity index (χ2n) is 5.97. The van der Waals surface area contributed by atoms with Crippen LogP contribution in [0.2, 0.25) is 0 Å². The van der Waals surface area contributed by atoms with Gasteiger partial charge in [0.25, 0.3) is 0 Å². The molecule has 0 atom stereocenters. The van der Waals surface area contributed by atoms with Crippen molar-refractivity contribution in [3.05, 3.63) is 0 Å². The molecule has 1 aliphatic heterocycles. The number of hydrogen-bond acceptors (Lipinski definition) is 3. The third kappa shape index (κ3) is 5.91. The Morgan fingerprint density at radius 2 is 1.79 bits per heavy atom. The van der Waals surface area contributed by atoms with E-state index < -0.39 is 0 Å². The van der Waals surface area contributed by atoms with E-state index in [0.717, 1.165) is 19.5 Å². The van der Waals surface area contributed by atoms with Crippen LogP contribution in [0.5, 0.6) is 0 Å². The molecule has 4 nitrogen and oxygen atoms in total. The minimum absolute atomic E-state index is 0.158. The highest BCUT2D eigenvalue weighted by atomic mass is 16.1. The molecule has 1 aliphatic carbocycles. The average molecular weight is 267 g/mol. The van der Waals surface area contributed by atoms with Crippen molar-refractivity contribution in [2.24, 2.45) is 0 Å². The first-order valence-electron chi connectivity index (χ1n) is 8.07. The van der Waals surface area contributed by atoms with Gasteiger partial charge in [0.2, 0.25) is 5.91 Å². The zero-order valence-electron chi connectivity index (χ0n) is 12.1. The lowest BCUT2D eigenvalue weighted by Gasteiger charge is -2.26. The number of hydrogen-bond donors (Lipinski definition) is 2. The smallest absolute Gasteiger partial charge is 0.233 e. The number of rotatable bonds is 7. The molecule has 1 saturated carbocycles. The molecule has 0 aromatic heterocycles. The van der Waals surface area contributed by atoms with Gasteiger partial charge in [0, 0.05) is 12.6 Å². The molecule has 0 aromatic rings. The van der Waals surface area contributed by atoms with Gasteiger partial charge in [0.15, 0.2) is 0 Å². The van der Waals surface area contributed by atoms with Gasteiger partial charge in [-0.05, 0) is 51.7 Å². The van der Waals surface area contributed by atoms with E-state index in [4.69, 9.17) is 0 Å². The van der Waals surface area contributed by atoms with Crippen LogP contribution in [-0.2, 0) is 4.79 Å². The Morgan fingerprint density at radius 3 is 2.53 bits per heavy atom. The Morgan fingerprint density at radius 1 is 1.05 bits per heavy atom. The molecule has 2 N–H and O–H groups in total. The number of piperidine rings is 1. The lowest BCUT2D eigenvalue weighted by atomic mass is 10.1. The highest BCUT2D eigenvalue weighted by Gasteiger charge is 2.15. The Bertz CT molecular complexity index is 258. The van der Waals surface area contributed by atoms with E-state index in [1.165, 1.54) is 58.0 Å². The first kappa shape index (κ1) is 14.8. The van der Waals surface area contributed by atoms with Crippen LogP contribution in [0.25, 0.3) is 0 Å². The second-order valence-corrected chi connectivity index (χ2v) is 5.97. The first-order chi connectivity index (χ1) is 9.34. The van der Waals surface area contributed by atoms with Crippen molar-refractivity contribution >= 4 is 5.91 Å². The Kier molecular flexibility index (Phi) is 6.65. The van der Waals surface area contributed by atoms with Gasteiger partial charge >= 0.3 is 0 Å². The summed E-state index contributed by atoms with van der Waals surface area (Å²) in [5.41, 5.74) is 0. The third-order valence-electron chi connectivity index (χ3n) is 4.33. The van der Waals surface area contributed by atoms with Crippen molar-refractivity contribution in [1.82, 2.24) is 15.5 Å². The maximum atomic E-state index is 11.7. The van der Waals surface area contributed by atoms with E-state index in [-0.39, 0.29) is 5.91 Å². The van der Waals surface area contributed by atoms with Gasteiger partial charge in [0.05, 0.1) is 6.54 Å². The molecule has 19 heavy (non-hydrogen) atoms. The zero-order chi connectivity index (χ0) is 13.3. The predicted octanol–water partition coefficient (Wildman–Crippen LogP) is 1.51. The molecule has 4 heteroatoms. The van der Waals surface area contributed by atoms with Crippen LogP contribution in [0.3, 0.4) is 0 Å². The molecule has 0 radical (unpaired) electrons. The largest absolute Gasteiger partial charge is 0.355 e. The van der Waals surface area contributed by atoms with Gasteiger partial charge in [-0.3, -0.25) is 4.79 Å². The van der Waals surface area contributed by atoms with Crippen molar-refractivity contribution < 1.29 is 4.79 Å². The summed E-state index contributed by atoms with van der Waals surface area (Å²) in [6, 6.07) is 0.582. The van der Waals surface area contributed by atoms with Crippen molar-refractivity contribution in [3.63, 3.8) is 0 Å². The molecule has 2 aliphatic rings. The van der Waals surface area contributed by atoms with Gasteiger partial charge in [-0.15, -0.1) is 0 Å². The Hall–Kier alpha value is -0.610. The molecule has 1 amide bonds. The van der Waals surface area contributed by atoms with Crippen LogP contribution in [0.4, 0.5) is 0 Å². The number of likely N-dealkylation sites (tertiary alicyclic amines) is 1. The molecule has 2 fully saturated rings. The lowest BCUT2D eigenvalue weighted by Crippen LogP contribution is -2.39. The summed E-state index contributed by atoms with van der Waals surface area (Å²) < 4.78 is 0. The van der Waals surface area contributed by atoms with E-state index in [2.05, 4.69) is 15.5 Å². The van der Waals surface area contributed by atoms with Crippen molar-refractivity contribution in [3.8, 4) is 0 Å². The molecule has 0 unspecified atom stereocenters. The molecule has 0 bridgehead atoms. The molecule has 1 heterocycles. The fourth-order valence-electron chi connectivity index (χ4n) is 3.14. The van der Waals surface area contributed by atoms with Gasteiger partial charge in [0.1, 0.15) is 0 Å². The van der Waals surface area contributed by atoms with Crippen LogP contribution < -0.4 is 10.6 Å². The number of amides is 1. The fraction of sp³-hybridized carbons (Fsp3) is 0.933. The van der Waals surface area contributed by atoms with E-state index in [0.29, 0.717) is 12.6 Å². The van der Waals surface area contributed by atoms with Crippen molar-refractivity contribution in [2.75, 3.05) is 32.7 Å². The molecular weight excluding hydrogens is 238 g/mol. The summed E-state index contributed by atoms with van der Waals surface area (Å²) in [5, 5.41) is 6.37. The highest BCUT2D eigenvalue weighted by Crippen LogP contribution is 2.17. The molecule has 1 saturated heterocycles. The normalized spacial score (nSPS) is 21.7. The molecule has 0 aromatic carbocycles. The monoisotopic (exact) mass is 267 g/mol. The van der Waals surface area contributed by atoms with Crippen LogP contribution >= 0.6 is 0 Å². The fourth-order valence-corrected chi connectivity index (χ4v) is 3.14. The number of carbonyl (C=O) groups excluding carboxylic acids is 1. The average Bonchev–Trinajstić information content (AvgIpc) is 2.96. The third-order valence-corrected chi connectivity index (χ3v) is 4.33. The minimum atomic E-state index is 0.158. The van der Waals surface area contributed by atoms with Gasteiger partial charge in [-0.1, -0.05) is 19.3 Å². The Balaban J connectivity index is 1.44. The highest BCUT2D eigenvalue weighted by molar-refractivity contribution is 5.77. The summed E-state index contributed by atoms with van der Waals surface area (Å²) >= 11 is 0. The second kappa shape index (κ2) is 8.54. The number of carbonyl (C=O) groups is 1. The summed E-state index contributed by atoms with van der Waals surface area (Å²) in [7, 11) is 0. The molecule has 110 valence electrons. The van der Waals surface area contributed by atoms with Gasteiger partial charge in [-0.2, -0.15) is 0 Å². The van der Waals surface area contributed by atoms with Crippen molar-refractivity contribution in [1.29, 1.82) is 0 Å². The van der Waals surface area contributed by atoms with Crippen LogP contribution in [0.15, 0.2) is 0 Å². The summed E-state index contributed by atoms with van der Waals surface area (Å²) in [6.45, 7) is 4.95. The SMILES string of the molecule is O=C(CNC1CCCC1)NCCCN1CCCCC1. The van der Waals surface area contributed by atoms with E-state index in [1.807, 2.05) is 0 Å². The van der Waals surface area contributed by atoms with E-state index in [9.17, 15) is 4.79 Å². The molecule has 0 spiro atoms. The predicted molar refractivity (Wildman–Crippen MR) is 78.2 cm³/mol. The summed E-state index contributed by atoms with van der Waals surface area (Å²) in [4.78, 5) is 14.2. The van der Waals surface area contributed by atoms with Crippen LogP contribution in [0, 0.1) is 0 Å². The Labute approximate surface area is 117 Å². The number of nitrogens with one attached hydrogen (secondary N) is 2. The van der Waals surface area contributed by atoms with Crippen LogP contribution in [0.1, 0.15) is 51.4 Å². The quantitative estimate of drug-likeness (QED) is 0.687. The molecular formula is C15H29N3O. The van der Waals surface area contributed by atoms with E-state index >= 15 is 0 Å². The maximum Gasteiger partial charge on any atom is 0.233 e. The standard InChI is InChI=1S/C15H29N3O/c19-15(13-17-14-7-2-3-8-14)16-9-6-12-18-10-4-1-5-11-18/h14,17H,1-13H2,(H,16,19). The maximum absolute atomic E-state index is 11.7. The van der Waals surface area contributed by atoms with E-state index in [1.54, 1.807) is 0 Å². The first-order valence-corrected chi connectivity index (χ1v) is 8.07. The summed E-state index contributed by atoms with van der Waals surface area (Å²) in [6.07, 6.45) is 10.3. The lowest BCUT2D eigenvalue weighted by molar-refractivity contribution is -0.120. The topological polar surface area (TPSA) is 44.4 Å². The number of nitrogens with zero attached hydrogens (tertiary/aromatic N) is 1. The van der Waals surface area contributed by atoms with Gasteiger partial charge < -0.3 is 15.5 Å². The van der Waals surface area contributed by atoms with Crippen LogP contribution in [-0.4, -0.2) is 49.6 Å².